The van der Waals surface area contributed by atoms with Crippen LogP contribution < -0.4 is 0 Å². The summed E-state index contributed by atoms with van der Waals surface area (Å²) in [6.07, 6.45) is 1.65. The Hall–Kier alpha value is -1.36. The molecule has 0 radical (unpaired) electrons. The summed E-state index contributed by atoms with van der Waals surface area (Å²) in [7, 11) is 2.63. The maximum Gasteiger partial charge on any atom is 0.334 e. The van der Waals surface area contributed by atoms with Gasteiger partial charge in [-0.3, -0.25) is 4.79 Å². The van der Waals surface area contributed by atoms with E-state index in [0.717, 1.165) is 31.6 Å². The highest BCUT2D eigenvalue weighted by molar-refractivity contribution is 5.94. The second kappa shape index (κ2) is 4.49. The predicted molar refractivity (Wildman–Crippen MR) is 58.2 cm³/mol. The number of methoxy groups -OCH3 is 2. The topological polar surface area (TPSA) is 61.8 Å². The van der Waals surface area contributed by atoms with Crippen molar-refractivity contribution in [1.29, 1.82) is 0 Å². The van der Waals surface area contributed by atoms with Crippen LogP contribution in [0.4, 0.5) is 0 Å². The monoisotopic (exact) mass is 240 g/mol. The van der Waals surface area contributed by atoms with Crippen LogP contribution in [0.25, 0.3) is 0 Å². The van der Waals surface area contributed by atoms with E-state index < -0.39 is 11.9 Å². The number of hydrogen-bond acceptors (Lipinski definition) is 5. The van der Waals surface area contributed by atoms with Crippen LogP contribution in [-0.4, -0.2) is 39.4 Å². The smallest absolute Gasteiger partial charge is 0.334 e. The molecule has 2 fully saturated rings. The third-order valence-corrected chi connectivity index (χ3v) is 3.40. The number of ether oxygens (including phenoxy) is 3. The first-order valence-electron chi connectivity index (χ1n) is 5.54. The molecule has 0 bridgehead atoms. The van der Waals surface area contributed by atoms with E-state index in [2.05, 4.69) is 4.74 Å². The van der Waals surface area contributed by atoms with E-state index in [1.807, 2.05) is 0 Å². The van der Waals surface area contributed by atoms with Crippen LogP contribution in [0.5, 0.6) is 0 Å². The van der Waals surface area contributed by atoms with Gasteiger partial charge < -0.3 is 14.2 Å². The Morgan fingerprint density at radius 3 is 2.29 bits per heavy atom. The molecule has 1 heterocycles. The highest BCUT2D eigenvalue weighted by Crippen LogP contribution is 2.51. The molecule has 0 unspecified atom stereocenters. The molecule has 0 amide bonds. The molecule has 0 atom stereocenters. The molecule has 2 aliphatic rings. The summed E-state index contributed by atoms with van der Waals surface area (Å²) in [6, 6.07) is 0. The molecule has 1 aliphatic heterocycles. The zero-order valence-corrected chi connectivity index (χ0v) is 10.1. The molecule has 94 valence electrons. The fourth-order valence-corrected chi connectivity index (χ4v) is 2.34. The van der Waals surface area contributed by atoms with Gasteiger partial charge in [-0.25, -0.2) is 4.79 Å². The molecule has 0 aromatic heterocycles. The molecule has 0 aromatic carbocycles. The average Bonchev–Trinajstić information content (AvgIpc) is 2.22. The largest absolute Gasteiger partial charge is 0.469 e. The highest BCUT2D eigenvalue weighted by atomic mass is 16.5. The van der Waals surface area contributed by atoms with E-state index >= 15 is 0 Å². The Kier molecular flexibility index (Phi) is 3.19. The summed E-state index contributed by atoms with van der Waals surface area (Å²) in [5, 5.41) is 0. The van der Waals surface area contributed by atoms with Gasteiger partial charge in [0.1, 0.15) is 0 Å². The predicted octanol–water partition coefficient (Wildman–Crippen LogP) is 0.829. The number of allylic oxidation sites excluding steroid dienone is 1. The van der Waals surface area contributed by atoms with Gasteiger partial charge in [-0.1, -0.05) is 5.57 Å². The van der Waals surface area contributed by atoms with Crippen LogP contribution in [0.3, 0.4) is 0 Å². The van der Waals surface area contributed by atoms with E-state index in [4.69, 9.17) is 9.47 Å². The van der Waals surface area contributed by atoms with Crippen molar-refractivity contribution < 1.29 is 23.8 Å². The molecule has 0 N–H and O–H groups in total. The van der Waals surface area contributed by atoms with Crippen molar-refractivity contribution in [3.8, 4) is 0 Å². The Morgan fingerprint density at radius 1 is 1.24 bits per heavy atom. The highest BCUT2D eigenvalue weighted by Gasteiger charge is 2.48. The van der Waals surface area contributed by atoms with Gasteiger partial charge in [0.25, 0.3) is 0 Å². The maximum atomic E-state index is 11.6. The molecule has 0 aromatic rings. The maximum absolute atomic E-state index is 11.6. The summed E-state index contributed by atoms with van der Waals surface area (Å²) in [5.41, 5.74) is 1.69. The van der Waals surface area contributed by atoms with Crippen LogP contribution in [-0.2, 0) is 23.8 Å². The third-order valence-electron chi connectivity index (χ3n) is 3.40. The van der Waals surface area contributed by atoms with Crippen LogP contribution in [0.2, 0.25) is 0 Å². The van der Waals surface area contributed by atoms with Gasteiger partial charge in [0.05, 0.1) is 33.9 Å². The lowest BCUT2D eigenvalue weighted by Crippen LogP contribution is -2.49. The van der Waals surface area contributed by atoms with Crippen LogP contribution >= 0.6 is 0 Å². The lowest BCUT2D eigenvalue weighted by Gasteiger charge is -2.50. The Balaban J connectivity index is 2.08. The Morgan fingerprint density at radius 2 is 1.88 bits per heavy atom. The molecular weight excluding hydrogens is 224 g/mol. The molecule has 1 spiro atoms. The van der Waals surface area contributed by atoms with Gasteiger partial charge >= 0.3 is 11.9 Å². The number of rotatable bonds is 3. The Bertz CT molecular complexity index is 368. The molecule has 17 heavy (non-hydrogen) atoms. The zero-order chi connectivity index (χ0) is 12.5. The second-order valence-electron chi connectivity index (χ2n) is 4.67. The normalized spacial score (nSPS) is 20.2. The minimum absolute atomic E-state index is 0.00452. The van der Waals surface area contributed by atoms with Gasteiger partial charge in [0.15, 0.2) is 0 Å². The van der Waals surface area contributed by atoms with E-state index in [1.165, 1.54) is 14.2 Å². The quantitative estimate of drug-likeness (QED) is 0.540. The SMILES string of the molecule is COC(=O)CC(C(=O)OC)=C1CC2(COC2)C1. The van der Waals surface area contributed by atoms with Gasteiger partial charge in [-0.2, -0.15) is 0 Å². The van der Waals surface area contributed by atoms with E-state index in [9.17, 15) is 9.59 Å². The first-order valence-corrected chi connectivity index (χ1v) is 5.54. The van der Waals surface area contributed by atoms with Gasteiger partial charge in [0.2, 0.25) is 0 Å². The summed E-state index contributed by atoms with van der Waals surface area (Å²) >= 11 is 0. The van der Waals surface area contributed by atoms with Crippen LogP contribution in [0.1, 0.15) is 19.3 Å². The van der Waals surface area contributed by atoms with Gasteiger partial charge in [-0.05, 0) is 12.8 Å². The van der Waals surface area contributed by atoms with Crippen molar-refractivity contribution in [2.45, 2.75) is 19.3 Å². The molecule has 5 nitrogen and oxygen atoms in total. The van der Waals surface area contributed by atoms with Gasteiger partial charge in [0, 0.05) is 11.0 Å². The van der Waals surface area contributed by atoms with Crippen molar-refractivity contribution >= 4 is 11.9 Å². The first kappa shape index (κ1) is 12.1. The fourth-order valence-electron chi connectivity index (χ4n) is 2.34. The van der Waals surface area contributed by atoms with Crippen molar-refractivity contribution in [2.75, 3.05) is 27.4 Å². The number of carbonyl (C=O) groups excluding carboxylic acids is 2. The summed E-state index contributed by atoms with van der Waals surface area (Å²) < 4.78 is 14.4. The second-order valence-corrected chi connectivity index (χ2v) is 4.67. The first-order chi connectivity index (χ1) is 8.10. The molecule has 1 saturated heterocycles. The third kappa shape index (κ3) is 2.20. The summed E-state index contributed by atoms with van der Waals surface area (Å²) in [4.78, 5) is 22.8. The van der Waals surface area contributed by atoms with Gasteiger partial charge in [-0.15, -0.1) is 0 Å². The average molecular weight is 240 g/mol. The minimum atomic E-state index is -0.430. The lowest BCUT2D eigenvalue weighted by molar-refractivity contribution is -0.145. The molecule has 1 saturated carbocycles. The Labute approximate surface area is 99.7 Å². The van der Waals surface area contributed by atoms with Crippen LogP contribution in [0, 0.1) is 5.41 Å². The zero-order valence-electron chi connectivity index (χ0n) is 10.1. The fraction of sp³-hybridized carbons (Fsp3) is 0.667. The van der Waals surface area contributed by atoms with Crippen molar-refractivity contribution in [1.82, 2.24) is 0 Å². The van der Waals surface area contributed by atoms with Crippen LogP contribution in [0.15, 0.2) is 11.1 Å². The van der Waals surface area contributed by atoms with Crippen molar-refractivity contribution in [3.05, 3.63) is 11.1 Å². The van der Waals surface area contributed by atoms with E-state index in [1.54, 1.807) is 0 Å². The molecule has 2 rings (SSSR count). The lowest BCUT2D eigenvalue weighted by atomic mass is 9.62. The van der Waals surface area contributed by atoms with Crippen molar-refractivity contribution in [2.24, 2.45) is 5.41 Å². The van der Waals surface area contributed by atoms with E-state index in [-0.39, 0.29) is 11.8 Å². The summed E-state index contributed by atoms with van der Waals surface area (Å²) in [5.74, 6) is -0.843. The van der Waals surface area contributed by atoms with Crippen molar-refractivity contribution in [3.63, 3.8) is 0 Å². The van der Waals surface area contributed by atoms with E-state index in [0.29, 0.717) is 5.57 Å². The minimum Gasteiger partial charge on any atom is -0.469 e. The number of esters is 2. The molecular formula is C12H16O5. The number of hydrogen-bond donors (Lipinski definition) is 0. The number of carbonyl (C=O) groups is 2. The standard InChI is InChI=1S/C12H16O5/c1-15-10(13)3-9(11(14)16-2)8-4-12(5-8)6-17-7-12/h3-7H2,1-2H3. The molecule has 1 aliphatic carbocycles. The molecule has 5 heteroatoms. The summed E-state index contributed by atoms with van der Waals surface area (Å²) in [6.45, 7) is 1.51.